The summed E-state index contributed by atoms with van der Waals surface area (Å²) in [4.78, 5) is 24.5. The summed E-state index contributed by atoms with van der Waals surface area (Å²) in [6.07, 6.45) is 13.1. The van der Waals surface area contributed by atoms with Gasteiger partial charge >= 0.3 is 7.60 Å². The zero-order valence-corrected chi connectivity index (χ0v) is 17.4. The van der Waals surface area contributed by atoms with E-state index in [1.165, 1.54) is 0 Å². The molecule has 0 radical (unpaired) electrons. The Labute approximate surface area is 176 Å². The van der Waals surface area contributed by atoms with Gasteiger partial charge in [0.25, 0.3) is 0 Å². The van der Waals surface area contributed by atoms with Crippen molar-refractivity contribution in [2.75, 3.05) is 0 Å². The van der Waals surface area contributed by atoms with Gasteiger partial charge in [0, 0.05) is 30.1 Å². The smallest absolute Gasteiger partial charge is 0.324 e. The number of hydrogen-bond acceptors (Lipinski definition) is 2. The van der Waals surface area contributed by atoms with E-state index in [1.54, 1.807) is 24.5 Å². The van der Waals surface area contributed by atoms with Gasteiger partial charge in [-0.05, 0) is 29.7 Å². The molecule has 30 heavy (non-hydrogen) atoms. The average molecular weight is 419 g/mol. The molecule has 6 heteroatoms. The SMILES string of the molecule is O=P(O)(O)C1(Cc2cc(-c3ccncc3)cc[n+]2Cc2ccccc2)C=CC=CC1. The van der Waals surface area contributed by atoms with Gasteiger partial charge in [-0.15, -0.1) is 0 Å². The van der Waals surface area contributed by atoms with Gasteiger partial charge in [-0.2, -0.15) is 4.57 Å². The Balaban J connectivity index is 1.79. The highest BCUT2D eigenvalue weighted by Gasteiger charge is 2.46. The van der Waals surface area contributed by atoms with Crippen LogP contribution in [0.1, 0.15) is 17.7 Å². The highest BCUT2D eigenvalue weighted by Crippen LogP contribution is 2.56. The van der Waals surface area contributed by atoms with Crippen LogP contribution in [0.3, 0.4) is 0 Å². The largest absolute Gasteiger partial charge is 0.336 e. The molecule has 2 heterocycles. The van der Waals surface area contributed by atoms with Crippen molar-refractivity contribution in [1.82, 2.24) is 4.98 Å². The monoisotopic (exact) mass is 419 g/mol. The first kappa shape index (κ1) is 20.4. The van der Waals surface area contributed by atoms with Crippen LogP contribution in [0.15, 0.2) is 97.5 Å². The molecule has 0 saturated heterocycles. The van der Waals surface area contributed by atoms with Crippen LogP contribution in [-0.2, 0) is 17.5 Å². The molecule has 0 bridgehead atoms. The molecule has 1 aliphatic rings. The van der Waals surface area contributed by atoms with Gasteiger partial charge in [0.15, 0.2) is 18.4 Å². The third-order valence-corrected chi connectivity index (χ3v) is 7.18. The van der Waals surface area contributed by atoms with Crippen molar-refractivity contribution in [2.24, 2.45) is 0 Å². The van der Waals surface area contributed by atoms with E-state index in [4.69, 9.17) is 0 Å². The van der Waals surface area contributed by atoms with Gasteiger partial charge in [-0.3, -0.25) is 9.55 Å². The second kappa shape index (κ2) is 8.49. The summed E-state index contributed by atoms with van der Waals surface area (Å²) in [5.74, 6) is 0. The van der Waals surface area contributed by atoms with Crippen molar-refractivity contribution in [3.05, 3.63) is 109 Å². The number of nitrogens with zero attached hydrogens (tertiary/aromatic N) is 2. The molecule has 152 valence electrons. The molecule has 1 aromatic carbocycles. The number of benzene rings is 1. The zero-order valence-electron chi connectivity index (χ0n) is 16.5. The van der Waals surface area contributed by atoms with Gasteiger partial charge in [0.05, 0.1) is 6.42 Å². The molecular formula is C24H24N2O3P+. The summed E-state index contributed by atoms with van der Waals surface area (Å²) in [6.45, 7) is 0.629. The number of allylic oxidation sites excluding steroid dienone is 4. The van der Waals surface area contributed by atoms with E-state index in [0.717, 1.165) is 22.4 Å². The van der Waals surface area contributed by atoms with Crippen molar-refractivity contribution < 1.29 is 18.9 Å². The first-order chi connectivity index (χ1) is 14.5. The summed E-state index contributed by atoms with van der Waals surface area (Å²) in [5, 5.41) is -1.24. The van der Waals surface area contributed by atoms with Crippen LogP contribution in [-0.4, -0.2) is 19.9 Å². The first-order valence-electron chi connectivity index (χ1n) is 9.84. The van der Waals surface area contributed by atoms with Crippen LogP contribution in [0.25, 0.3) is 11.1 Å². The maximum atomic E-state index is 12.5. The lowest BCUT2D eigenvalue weighted by Gasteiger charge is -2.31. The Bertz CT molecular complexity index is 1120. The quantitative estimate of drug-likeness (QED) is 0.467. The topological polar surface area (TPSA) is 74.3 Å². The van der Waals surface area contributed by atoms with Gasteiger partial charge in [-0.1, -0.05) is 54.6 Å². The summed E-state index contributed by atoms with van der Waals surface area (Å²) in [7, 11) is -4.39. The molecule has 1 aliphatic carbocycles. The predicted molar refractivity (Wildman–Crippen MR) is 117 cm³/mol. The fourth-order valence-electron chi connectivity index (χ4n) is 3.80. The number of hydrogen-bond donors (Lipinski definition) is 2. The summed E-state index contributed by atoms with van der Waals surface area (Å²) < 4.78 is 14.6. The fraction of sp³-hybridized carbons (Fsp3) is 0.167. The molecule has 2 aromatic heterocycles. The van der Waals surface area contributed by atoms with Crippen LogP contribution in [0, 0.1) is 0 Å². The van der Waals surface area contributed by atoms with E-state index in [0.29, 0.717) is 13.0 Å². The Morgan fingerprint density at radius 1 is 1.00 bits per heavy atom. The Hall–Kier alpha value is -2.85. The molecule has 0 fully saturated rings. The molecule has 0 aliphatic heterocycles. The predicted octanol–water partition coefficient (Wildman–Crippen LogP) is 4.06. The lowest BCUT2D eigenvalue weighted by molar-refractivity contribution is -0.695. The Morgan fingerprint density at radius 2 is 1.77 bits per heavy atom. The molecule has 0 spiro atoms. The molecule has 5 nitrogen and oxygen atoms in total. The molecule has 0 amide bonds. The normalized spacial score (nSPS) is 18.5. The minimum atomic E-state index is -4.39. The molecular weight excluding hydrogens is 395 g/mol. The van der Waals surface area contributed by atoms with E-state index in [9.17, 15) is 14.4 Å². The molecule has 3 aromatic rings. The van der Waals surface area contributed by atoms with Crippen molar-refractivity contribution in [3.63, 3.8) is 0 Å². The van der Waals surface area contributed by atoms with E-state index in [-0.39, 0.29) is 6.42 Å². The van der Waals surface area contributed by atoms with Crippen LogP contribution >= 0.6 is 7.60 Å². The Morgan fingerprint density at radius 3 is 2.43 bits per heavy atom. The summed E-state index contributed by atoms with van der Waals surface area (Å²) in [6, 6.07) is 18.0. The third-order valence-electron chi connectivity index (χ3n) is 5.53. The van der Waals surface area contributed by atoms with Crippen molar-refractivity contribution in [1.29, 1.82) is 0 Å². The standard InChI is InChI=1S/C24H23N2O3P/c27-30(28,29)24(12-5-2-6-13-24)18-23-17-22(21-9-14-25-15-10-21)11-16-26(23)19-20-7-3-1-4-8-20/h1-12,14-17H,13,18-19H2,(H-,27,28,29)/p+1. The van der Waals surface area contributed by atoms with Gasteiger partial charge in [0.1, 0.15) is 5.16 Å². The minimum absolute atomic E-state index is 0.240. The van der Waals surface area contributed by atoms with Gasteiger partial charge < -0.3 is 9.79 Å². The van der Waals surface area contributed by atoms with Crippen LogP contribution in [0.4, 0.5) is 0 Å². The molecule has 2 N–H and O–H groups in total. The number of aromatic nitrogens is 2. The van der Waals surface area contributed by atoms with E-state index in [2.05, 4.69) is 21.7 Å². The molecule has 0 saturated carbocycles. The first-order valence-corrected chi connectivity index (χ1v) is 11.4. The molecule has 4 rings (SSSR count). The maximum Gasteiger partial charge on any atom is 0.336 e. The van der Waals surface area contributed by atoms with Crippen LogP contribution < -0.4 is 4.57 Å². The Kier molecular flexibility index (Phi) is 5.78. The lowest BCUT2D eigenvalue weighted by atomic mass is 9.93. The van der Waals surface area contributed by atoms with Crippen molar-refractivity contribution in [3.8, 4) is 11.1 Å². The van der Waals surface area contributed by atoms with E-state index >= 15 is 0 Å². The minimum Gasteiger partial charge on any atom is -0.324 e. The van der Waals surface area contributed by atoms with Crippen LogP contribution in [0.5, 0.6) is 0 Å². The number of rotatable bonds is 6. The number of pyridine rings is 2. The highest BCUT2D eigenvalue weighted by atomic mass is 31.2. The summed E-state index contributed by atoms with van der Waals surface area (Å²) in [5.41, 5.74) is 4.01. The summed E-state index contributed by atoms with van der Waals surface area (Å²) >= 11 is 0. The highest BCUT2D eigenvalue weighted by molar-refractivity contribution is 7.53. The zero-order chi connectivity index (χ0) is 21.0. The molecule has 1 unspecified atom stereocenters. The van der Waals surface area contributed by atoms with Crippen molar-refractivity contribution >= 4 is 7.60 Å². The maximum absolute atomic E-state index is 12.5. The van der Waals surface area contributed by atoms with Gasteiger partial charge in [0.2, 0.25) is 0 Å². The second-order valence-electron chi connectivity index (χ2n) is 7.57. The lowest BCUT2D eigenvalue weighted by Crippen LogP contribution is -2.43. The fourth-order valence-corrected chi connectivity index (χ4v) is 4.80. The van der Waals surface area contributed by atoms with Crippen LogP contribution in [0.2, 0.25) is 0 Å². The van der Waals surface area contributed by atoms with Crippen molar-refractivity contribution in [2.45, 2.75) is 24.5 Å². The third kappa shape index (κ3) is 4.34. The molecule has 1 atom stereocenters. The average Bonchev–Trinajstić information content (AvgIpc) is 2.76. The van der Waals surface area contributed by atoms with Gasteiger partial charge in [-0.25, -0.2) is 0 Å². The van der Waals surface area contributed by atoms with E-state index in [1.807, 2.05) is 60.8 Å². The van der Waals surface area contributed by atoms with E-state index < -0.39 is 12.8 Å². The second-order valence-corrected chi connectivity index (χ2v) is 9.55.